The van der Waals surface area contributed by atoms with Crippen LogP contribution in [0.3, 0.4) is 0 Å². The van der Waals surface area contributed by atoms with Gasteiger partial charge in [0.2, 0.25) is 11.8 Å². The van der Waals surface area contributed by atoms with Gasteiger partial charge in [-0.1, -0.05) is 24.3 Å². The first-order valence-corrected chi connectivity index (χ1v) is 7.74. The molecular formula is C20H16N2O4. The minimum atomic E-state index is -0.694. The number of amides is 2. The molecule has 0 spiro atoms. The maximum Gasteiger partial charge on any atom is 0.249 e. The number of hydrogen-bond donors (Lipinski definition) is 4. The van der Waals surface area contributed by atoms with Gasteiger partial charge in [-0.05, 0) is 47.5 Å². The molecule has 130 valence electrons. The van der Waals surface area contributed by atoms with E-state index in [1.54, 1.807) is 24.3 Å². The van der Waals surface area contributed by atoms with Crippen LogP contribution in [0.1, 0.15) is 20.7 Å². The van der Waals surface area contributed by atoms with Gasteiger partial charge in [-0.2, -0.15) is 0 Å². The van der Waals surface area contributed by atoms with Crippen molar-refractivity contribution < 1.29 is 19.8 Å². The highest BCUT2D eigenvalue weighted by Gasteiger charge is 2.22. The van der Waals surface area contributed by atoms with Crippen LogP contribution in [0.5, 0.6) is 11.5 Å². The van der Waals surface area contributed by atoms with E-state index in [0.717, 1.165) is 0 Å². The van der Waals surface area contributed by atoms with Crippen LogP contribution in [-0.2, 0) is 0 Å². The Morgan fingerprint density at radius 3 is 1.35 bits per heavy atom. The SMILES string of the molecule is NC(=O)c1ccc(C(N)=O)c(-c2cccc(O)c2)c1-c1cccc(O)c1. The fraction of sp³-hybridized carbons (Fsp3) is 0. The number of carbonyl (C=O) groups is 2. The molecule has 0 aliphatic carbocycles. The van der Waals surface area contributed by atoms with E-state index < -0.39 is 11.8 Å². The van der Waals surface area contributed by atoms with Gasteiger partial charge in [0.1, 0.15) is 11.5 Å². The number of phenolic OH excluding ortho intramolecular Hbond substituents is 2. The summed E-state index contributed by atoms with van der Waals surface area (Å²) < 4.78 is 0. The van der Waals surface area contributed by atoms with E-state index in [2.05, 4.69) is 0 Å². The van der Waals surface area contributed by atoms with Crippen LogP contribution in [0.15, 0.2) is 60.7 Å². The van der Waals surface area contributed by atoms with Crippen molar-refractivity contribution in [2.75, 3.05) is 0 Å². The lowest BCUT2D eigenvalue weighted by Crippen LogP contribution is -2.17. The lowest BCUT2D eigenvalue weighted by molar-refractivity contribution is 0.0989. The molecule has 2 amide bonds. The molecule has 0 aliphatic rings. The van der Waals surface area contributed by atoms with Crippen molar-refractivity contribution in [2.24, 2.45) is 11.5 Å². The molecule has 0 unspecified atom stereocenters. The summed E-state index contributed by atoms with van der Waals surface area (Å²) >= 11 is 0. The van der Waals surface area contributed by atoms with E-state index in [9.17, 15) is 19.8 Å². The Morgan fingerprint density at radius 2 is 1.04 bits per heavy atom. The molecule has 3 rings (SSSR count). The molecule has 0 aliphatic heterocycles. The van der Waals surface area contributed by atoms with E-state index in [1.807, 2.05) is 0 Å². The Morgan fingerprint density at radius 1 is 0.654 bits per heavy atom. The summed E-state index contributed by atoms with van der Waals surface area (Å²) in [6.45, 7) is 0. The van der Waals surface area contributed by atoms with Crippen LogP contribution in [0.25, 0.3) is 22.3 Å². The number of nitrogens with two attached hydrogens (primary N) is 2. The van der Waals surface area contributed by atoms with Gasteiger partial charge in [0.25, 0.3) is 0 Å². The van der Waals surface area contributed by atoms with Crippen LogP contribution in [0, 0.1) is 0 Å². The Bertz CT molecular complexity index is 946. The van der Waals surface area contributed by atoms with Gasteiger partial charge in [-0.25, -0.2) is 0 Å². The van der Waals surface area contributed by atoms with Crippen molar-refractivity contribution in [2.45, 2.75) is 0 Å². The minimum Gasteiger partial charge on any atom is -0.508 e. The zero-order valence-electron chi connectivity index (χ0n) is 13.6. The van der Waals surface area contributed by atoms with E-state index in [1.165, 1.54) is 36.4 Å². The fourth-order valence-electron chi connectivity index (χ4n) is 2.94. The number of aromatic hydroxyl groups is 2. The first-order valence-electron chi connectivity index (χ1n) is 7.74. The van der Waals surface area contributed by atoms with Crippen LogP contribution in [0.2, 0.25) is 0 Å². The first-order chi connectivity index (χ1) is 12.4. The summed E-state index contributed by atoms with van der Waals surface area (Å²) in [7, 11) is 0. The number of phenols is 2. The first kappa shape index (κ1) is 17.0. The lowest BCUT2D eigenvalue weighted by atomic mass is 9.86. The third-order valence-electron chi connectivity index (χ3n) is 4.01. The molecule has 0 saturated carbocycles. The Hall–Kier alpha value is -3.80. The molecule has 0 fully saturated rings. The van der Waals surface area contributed by atoms with Gasteiger partial charge < -0.3 is 21.7 Å². The maximum absolute atomic E-state index is 12.0. The second-order valence-corrected chi connectivity index (χ2v) is 5.74. The van der Waals surface area contributed by atoms with Crippen LogP contribution >= 0.6 is 0 Å². The second-order valence-electron chi connectivity index (χ2n) is 5.74. The molecule has 3 aromatic carbocycles. The molecule has 0 atom stereocenters. The molecule has 0 saturated heterocycles. The predicted octanol–water partition coefficient (Wildman–Crippen LogP) is 2.63. The van der Waals surface area contributed by atoms with Gasteiger partial charge in [0.15, 0.2) is 0 Å². The number of hydrogen-bond acceptors (Lipinski definition) is 4. The molecule has 0 radical (unpaired) electrons. The molecule has 0 heterocycles. The molecule has 26 heavy (non-hydrogen) atoms. The number of benzene rings is 3. The van der Waals surface area contributed by atoms with Crippen LogP contribution in [0.4, 0.5) is 0 Å². The van der Waals surface area contributed by atoms with Crippen LogP contribution < -0.4 is 11.5 Å². The topological polar surface area (TPSA) is 127 Å². The highest BCUT2D eigenvalue weighted by atomic mass is 16.3. The zero-order chi connectivity index (χ0) is 18.8. The normalized spacial score (nSPS) is 10.5. The van der Waals surface area contributed by atoms with Gasteiger partial charge >= 0.3 is 0 Å². The molecule has 6 heteroatoms. The summed E-state index contributed by atoms with van der Waals surface area (Å²) in [6, 6.07) is 15.3. The smallest absolute Gasteiger partial charge is 0.249 e. The van der Waals surface area contributed by atoms with E-state index in [-0.39, 0.29) is 22.6 Å². The summed E-state index contributed by atoms with van der Waals surface area (Å²) in [4.78, 5) is 24.0. The second kappa shape index (κ2) is 6.60. The van der Waals surface area contributed by atoms with Crippen molar-refractivity contribution in [3.05, 3.63) is 71.8 Å². The van der Waals surface area contributed by atoms with Gasteiger partial charge in [0, 0.05) is 22.3 Å². The highest BCUT2D eigenvalue weighted by molar-refractivity contribution is 6.10. The number of carbonyl (C=O) groups excluding carboxylic acids is 2. The van der Waals surface area contributed by atoms with Crippen molar-refractivity contribution in [3.8, 4) is 33.8 Å². The molecule has 6 nitrogen and oxygen atoms in total. The number of rotatable bonds is 4. The Labute approximate surface area is 149 Å². The van der Waals surface area contributed by atoms with Gasteiger partial charge in [0.05, 0.1) is 0 Å². The Kier molecular flexibility index (Phi) is 4.33. The monoisotopic (exact) mass is 348 g/mol. The summed E-state index contributed by atoms with van der Waals surface area (Å²) in [5.41, 5.74) is 13.1. The van der Waals surface area contributed by atoms with E-state index in [4.69, 9.17) is 11.5 Å². The van der Waals surface area contributed by atoms with Crippen molar-refractivity contribution >= 4 is 11.8 Å². The van der Waals surface area contributed by atoms with Crippen LogP contribution in [-0.4, -0.2) is 22.0 Å². The average molecular weight is 348 g/mol. The molecule has 6 N–H and O–H groups in total. The maximum atomic E-state index is 12.0. The Balaban J connectivity index is 2.47. The summed E-state index contributed by atoms with van der Waals surface area (Å²) in [5.74, 6) is -1.41. The molecule has 0 aromatic heterocycles. The summed E-state index contributed by atoms with van der Waals surface area (Å²) in [6.07, 6.45) is 0. The lowest BCUT2D eigenvalue weighted by Gasteiger charge is -2.17. The minimum absolute atomic E-state index is 0.00995. The zero-order valence-corrected chi connectivity index (χ0v) is 13.6. The van der Waals surface area contributed by atoms with E-state index in [0.29, 0.717) is 22.3 Å². The van der Waals surface area contributed by atoms with Crippen molar-refractivity contribution in [3.63, 3.8) is 0 Å². The van der Waals surface area contributed by atoms with E-state index >= 15 is 0 Å². The fourth-order valence-corrected chi connectivity index (χ4v) is 2.94. The van der Waals surface area contributed by atoms with Crippen molar-refractivity contribution in [1.82, 2.24) is 0 Å². The standard InChI is InChI=1S/C20H16N2O4/c21-19(25)15-7-8-16(20(22)26)18(12-4-2-6-14(24)10-12)17(15)11-3-1-5-13(23)9-11/h1-10,23-24H,(H2,21,25)(H2,22,26). The molecule has 0 bridgehead atoms. The third kappa shape index (κ3) is 3.08. The predicted molar refractivity (Wildman–Crippen MR) is 97.7 cm³/mol. The largest absolute Gasteiger partial charge is 0.508 e. The van der Waals surface area contributed by atoms with Crippen molar-refractivity contribution in [1.29, 1.82) is 0 Å². The highest BCUT2D eigenvalue weighted by Crippen LogP contribution is 2.39. The quantitative estimate of drug-likeness (QED) is 0.578. The molecular weight excluding hydrogens is 332 g/mol. The summed E-state index contributed by atoms with van der Waals surface area (Å²) in [5, 5.41) is 19.7. The number of primary amides is 2. The molecule has 3 aromatic rings. The van der Waals surface area contributed by atoms with Gasteiger partial charge in [-0.3, -0.25) is 9.59 Å². The third-order valence-corrected chi connectivity index (χ3v) is 4.01. The average Bonchev–Trinajstić information content (AvgIpc) is 2.60. The van der Waals surface area contributed by atoms with Gasteiger partial charge in [-0.15, -0.1) is 0 Å².